The summed E-state index contributed by atoms with van der Waals surface area (Å²) in [6, 6.07) is 11.6. The number of urea groups is 1. The zero-order chi connectivity index (χ0) is 26.8. The van der Waals surface area contributed by atoms with Gasteiger partial charge in [-0.25, -0.2) is 18.0 Å². The molecule has 1 saturated carbocycles. The van der Waals surface area contributed by atoms with Crippen molar-refractivity contribution in [2.24, 2.45) is 0 Å². The Kier molecular flexibility index (Phi) is 7.41. The lowest BCUT2D eigenvalue weighted by molar-refractivity contribution is -0.137. The summed E-state index contributed by atoms with van der Waals surface area (Å²) in [6.07, 6.45) is -4.69. The van der Waals surface area contributed by atoms with Crippen molar-refractivity contribution < 1.29 is 31.1 Å². The van der Waals surface area contributed by atoms with Gasteiger partial charge in [0, 0.05) is 31.5 Å². The van der Waals surface area contributed by atoms with Crippen LogP contribution in [0.2, 0.25) is 5.02 Å². The van der Waals surface area contributed by atoms with E-state index in [-0.39, 0.29) is 29.1 Å². The average Bonchev–Trinajstić information content (AvgIpc) is 3.16. The minimum Gasteiger partial charge on any atom is -0.335 e. The van der Waals surface area contributed by atoms with E-state index in [0.29, 0.717) is 11.6 Å². The van der Waals surface area contributed by atoms with E-state index in [1.54, 1.807) is 30.3 Å². The molecule has 0 aliphatic heterocycles. The van der Waals surface area contributed by atoms with Crippen LogP contribution < -0.4 is 10.6 Å². The van der Waals surface area contributed by atoms with Gasteiger partial charge in [0.25, 0.3) is 0 Å². The van der Waals surface area contributed by atoms with E-state index in [0.717, 1.165) is 12.1 Å². The fourth-order valence-corrected chi connectivity index (χ4v) is 4.65. The minimum atomic E-state index is -4.87. The Balaban J connectivity index is 1.85. The molecule has 1 unspecified atom stereocenters. The third-order valence-electron chi connectivity index (χ3n) is 6.26. The van der Waals surface area contributed by atoms with Crippen molar-refractivity contribution >= 4 is 17.6 Å². The predicted molar refractivity (Wildman–Crippen MR) is 126 cm³/mol. The van der Waals surface area contributed by atoms with E-state index < -0.39 is 53.9 Å². The van der Waals surface area contributed by atoms with E-state index >= 15 is 0 Å². The maximum atomic E-state index is 14.6. The molecule has 11 heteroatoms. The fourth-order valence-electron chi connectivity index (χ4n) is 4.54. The number of nitrogens with zero attached hydrogens (tertiary/aromatic N) is 1. The van der Waals surface area contributed by atoms with E-state index in [9.17, 15) is 31.1 Å². The number of carbonyl (C=O) groups is 1. The highest BCUT2D eigenvalue weighted by atomic mass is 35.5. The standard InChI is InChI=1S/C26H22ClF6N3O/c27-19-6-7-22(34-15-19)25(13-16-4-2-1-3-5-16,17-10-18(26(31,32)33)12-20(28)11-17)36-23(37)35-21-8-9-24(29,30)14-21/h1-7,10-12,15,21H,8-9,13-14H2,(H2,35,36,37)/t21?,25-/m0/s1. The number of pyridine rings is 1. The Hall–Kier alpha value is -3.27. The molecule has 37 heavy (non-hydrogen) atoms. The van der Waals surface area contributed by atoms with Gasteiger partial charge in [0.15, 0.2) is 0 Å². The topological polar surface area (TPSA) is 54.0 Å². The highest BCUT2D eigenvalue weighted by molar-refractivity contribution is 6.30. The van der Waals surface area contributed by atoms with Crippen LogP contribution in [0.15, 0.2) is 66.9 Å². The second kappa shape index (κ2) is 10.2. The average molecular weight is 542 g/mol. The summed E-state index contributed by atoms with van der Waals surface area (Å²) in [5.41, 5.74) is -2.65. The molecule has 4 nitrogen and oxygen atoms in total. The van der Waals surface area contributed by atoms with Gasteiger partial charge in [0.1, 0.15) is 11.4 Å². The lowest BCUT2D eigenvalue weighted by Crippen LogP contribution is -2.54. The molecule has 4 rings (SSSR count). The van der Waals surface area contributed by atoms with Crippen molar-refractivity contribution in [3.8, 4) is 0 Å². The normalized spacial score (nSPS) is 18.7. The lowest BCUT2D eigenvalue weighted by Gasteiger charge is -2.36. The highest BCUT2D eigenvalue weighted by Gasteiger charge is 2.43. The molecule has 1 fully saturated rings. The molecule has 1 heterocycles. The minimum absolute atomic E-state index is 0.0312. The largest absolute Gasteiger partial charge is 0.416 e. The van der Waals surface area contributed by atoms with E-state index in [1.807, 2.05) is 0 Å². The number of benzene rings is 2. The van der Waals surface area contributed by atoms with Gasteiger partial charge in [-0.3, -0.25) is 4.98 Å². The quantitative estimate of drug-likeness (QED) is 0.335. The van der Waals surface area contributed by atoms with Crippen LogP contribution >= 0.6 is 11.6 Å². The van der Waals surface area contributed by atoms with Crippen LogP contribution in [-0.4, -0.2) is 23.0 Å². The second-order valence-corrected chi connectivity index (χ2v) is 9.49. The molecule has 3 aromatic rings. The van der Waals surface area contributed by atoms with Gasteiger partial charge < -0.3 is 10.6 Å². The lowest BCUT2D eigenvalue weighted by atomic mass is 9.79. The summed E-state index contributed by atoms with van der Waals surface area (Å²) in [7, 11) is 0. The van der Waals surface area contributed by atoms with Gasteiger partial charge >= 0.3 is 12.2 Å². The fraction of sp³-hybridized carbons (Fsp3) is 0.308. The second-order valence-electron chi connectivity index (χ2n) is 9.05. The van der Waals surface area contributed by atoms with Crippen LogP contribution in [0.1, 0.15) is 41.6 Å². The molecule has 1 aliphatic rings. The first-order chi connectivity index (χ1) is 17.4. The summed E-state index contributed by atoms with van der Waals surface area (Å²) in [4.78, 5) is 17.4. The molecule has 0 spiro atoms. The third kappa shape index (κ3) is 6.36. The first kappa shape index (κ1) is 26.8. The van der Waals surface area contributed by atoms with E-state index in [1.165, 1.54) is 18.3 Å². The van der Waals surface area contributed by atoms with Crippen LogP contribution in [0.5, 0.6) is 0 Å². The van der Waals surface area contributed by atoms with Crippen molar-refractivity contribution in [1.82, 2.24) is 15.6 Å². The molecule has 2 atom stereocenters. The van der Waals surface area contributed by atoms with Crippen LogP contribution in [0.4, 0.5) is 31.1 Å². The van der Waals surface area contributed by atoms with Crippen molar-refractivity contribution in [2.75, 3.05) is 0 Å². The Morgan fingerprint density at radius 2 is 1.76 bits per heavy atom. The SMILES string of the molecule is O=C(NC1CCC(F)(F)C1)N[C@@](Cc1ccccc1)(c1cc(F)cc(C(F)(F)F)c1)c1ccc(Cl)cn1. The predicted octanol–water partition coefficient (Wildman–Crippen LogP) is 6.87. The summed E-state index contributed by atoms with van der Waals surface area (Å²) in [6.45, 7) is 0. The van der Waals surface area contributed by atoms with Crippen molar-refractivity contribution in [3.05, 3.63) is 100 Å². The van der Waals surface area contributed by atoms with Crippen LogP contribution in [0.3, 0.4) is 0 Å². The number of carbonyl (C=O) groups excluding carboxylic acids is 1. The van der Waals surface area contributed by atoms with Gasteiger partial charge in [0.05, 0.1) is 16.3 Å². The summed E-state index contributed by atoms with van der Waals surface area (Å²) < 4.78 is 83.0. The van der Waals surface area contributed by atoms with E-state index in [2.05, 4.69) is 15.6 Å². The molecule has 0 radical (unpaired) electrons. The van der Waals surface area contributed by atoms with Crippen molar-refractivity contribution in [3.63, 3.8) is 0 Å². The molecule has 2 aromatic carbocycles. The van der Waals surface area contributed by atoms with Crippen LogP contribution in [0, 0.1) is 5.82 Å². The Morgan fingerprint density at radius 3 is 2.35 bits per heavy atom. The van der Waals surface area contributed by atoms with Gasteiger partial charge in [-0.2, -0.15) is 13.2 Å². The van der Waals surface area contributed by atoms with Gasteiger partial charge in [-0.05, 0) is 47.9 Å². The van der Waals surface area contributed by atoms with Gasteiger partial charge in [-0.15, -0.1) is 0 Å². The molecule has 0 saturated heterocycles. The molecule has 1 aliphatic carbocycles. The van der Waals surface area contributed by atoms with E-state index in [4.69, 9.17) is 11.6 Å². The Bertz CT molecular complexity index is 1250. The van der Waals surface area contributed by atoms with Gasteiger partial charge in [0.2, 0.25) is 5.92 Å². The number of nitrogens with one attached hydrogen (secondary N) is 2. The number of alkyl halides is 5. The van der Waals surface area contributed by atoms with Crippen molar-refractivity contribution in [2.45, 2.75) is 49.4 Å². The zero-order valence-electron chi connectivity index (χ0n) is 19.3. The number of aromatic nitrogens is 1. The Labute approximate surface area is 214 Å². The van der Waals surface area contributed by atoms with Crippen LogP contribution in [0.25, 0.3) is 0 Å². The smallest absolute Gasteiger partial charge is 0.335 e. The number of hydrogen-bond donors (Lipinski definition) is 2. The maximum Gasteiger partial charge on any atom is 0.416 e. The first-order valence-corrected chi connectivity index (χ1v) is 11.7. The van der Waals surface area contributed by atoms with Crippen LogP contribution in [-0.2, 0) is 18.1 Å². The molecule has 196 valence electrons. The number of amides is 2. The zero-order valence-corrected chi connectivity index (χ0v) is 20.0. The monoisotopic (exact) mass is 541 g/mol. The number of halogens is 7. The number of hydrogen-bond acceptors (Lipinski definition) is 2. The third-order valence-corrected chi connectivity index (χ3v) is 6.48. The number of rotatable bonds is 6. The molecule has 2 amide bonds. The first-order valence-electron chi connectivity index (χ1n) is 11.4. The molecule has 1 aromatic heterocycles. The molecular formula is C26H22ClF6N3O. The highest BCUT2D eigenvalue weighted by Crippen LogP contribution is 2.38. The van der Waals surface area contributed by atoms with Crippen molar-refractivity contribution in [1.29, 1.82) is 0 Å². The molecular weight excluding hydrogens is 520 g/mol. The summed E-state index contributed by atoms with van der Waals surface area (Å²) in [5.74, 6) is -4.10. The molecule has 0 bridgehead atoms. The summed E-state index contributed by atoms with van der Waals surface area (Å²) >= 11 is 5.98. The molecule has 2 N–H and O–H groups in total. The summed E-state index contributed by atoms with van der Waals surface area (Å²) in [5, 5.41) is 5.37. The van der Waals surface area contributed by atoms with Gasteiger partial charge in [-0.1, -0.05) is 41.9 Å². The maximum absolute atomic E-state index is 14.6. The Morgan fingerprint density at radius 1 is 1.05 bits per heavy atom.